The van der Waals surface area contributed by atoms with E-state index in [1.807, 2.05) is 29.0 Å². The quantitative estimate of drug-likeness (QED) is 0.795. The van der Waals surface area contributed by atoms with Crippen LogP contribution in [-0.2, 0) is 11.2 Å². The van der Waals surface area contributed by atoms with Gasteiger partial charge in [0.2, 0.25) is 5.91 Å². The lowest BCUT2D eigenvalue weighted by Crippen LogP contribution is -2.34. The monoisotopic (exact) mass is 389 g/mol. The van der Waals surface area contributed by atoms with Gasteiger partial charge in [-0.15, -0.1) is 0 Å². The van der Waals surface area contributed by atoms with Crippen LogP contribution in [0.2, 0.25) is 5.02 Å². The third-order valence-electron chi connectivity index (χ3n) is 3.87. The number of hydrogen-bond donors (Lipinski definition) is 1. The molecular formula is C17H15ClF3NO2S. The molecule has 0 spiro atoms. The smallest absolute Gasteiger partial charge is 0.389 e. The molecule has 2 heterocycles. The van der Waals surface area contributed by atoms with Crippen molar-refractivity contribution in [2.75, 3.05) is 6.54 Å². The fourth-order valence-electron chi connectivity index (χ4n) is 2.67. The molecule has 0 saturated carbocycles. The maximum absolute atomic E-state index is 12.1. The van der Waals surface area contributed by atoms with Gasteiger partial charge in [-0.3, -0.25) is 4.79 Å². The molecule has 0 aliphatic carbocycles. The Morgan fingerprint density at radius 1 is 1.36 bits per heavy atom. The molecule has 25 heavy (non-hydrogen) atoms. The van der Waals surface area contributed by atoms with E-state index in [1.54, 1.807) is 11.3 Å². The molecule has 1 aromatic heterocycles. The van der Waals surface area contributed by atoms with E-state index >= 15 is 0 Å². The zero-order valence-electron chi connectivity index (χ0n) is 13.0. The number of hydrogen-bond acceptors (Lipinski definition) is 3. The highest BCUT2D eigenvalue weighted by Crippen LogP contribution is 2.39. The Bertz CT molecular complexity index is 762. The number of halogens is 4. The normalized spacial score (nSPS) is 16.4. The van der Waals surface area contributed by atoms with Crippen molar-refractivity contribution in [1.29, 1.82) is 0 Å². The average Bonchev–Trinajstić information content (AvgIpc) is 3.19. The van der Waals surface area contributed by atoms with Crippen LogP contribution in [0.3, 0.4) is 0 Å². The molecule has 0 saturated heterocycles. The van der Waals surface area contributed by atoms with E-state index < -0.39 is 24.9 Å². The molecule has 3 rings (SSSR count). The highest BCUT2D eigenvalue weighted by molar-refractivity contribution is 7.08. The number of nitrogens with one attached hydrogen (secondary N) is 1. The van der Waals surface area contributed by atoms with Gasteiger partial charge >= 0.3 is 6.18 Å². The minimum atomic E-state index is -4.33. The second kappa shape index (κ2) is 7.25. The predicted octanol–water partition coefficient (Wildman–Crippen LogP) is 4.83. The summed E-state index contributed by atoms with van der Waals surface area (Å²) in [4.78, 5) is 11.5. The van der Waals surface area contributed by atoms with Crippen LogP contribution >= 0.6 is 22.9 Å². The van der Waals surface area contributed by atoms with Crippen LogP contribution in [0.25, 0.3) is 11.1 Å². The fraction of sp³-hybridized carbons (Fsp3) is 0.353. The van der Waals surface area contributed by atoms with Crippen LogP contribution < -0.4 is 10.1 Å². The van der Waals surface area contributed by atoms with Crippen molar-refractivity contribution < 1.29 is 22.7 Å². The molecule has 134 valence electrons. The van der Waals surface area contributed by atoms with Gasteiger partial charge in [0.15, 0.2) is 0 Å². The van der Waals surface area contributed by atoms with Crippen LogP contribution in [0.15, 0.2) is 29.0 Å². The third kappa shape index (κ3) is 4.67. The molecule has 1 aliphatic rings. The number of carbonyl (C=O) groups is 1. The first-order chi connectivity index (χ1) is 11.8. The summed E-state index contributed by atoms with van der Waals surface area (Å²) in [5, 5.41) is 6.98. The summed E-state index contributed by atoms with van der Waals surface area (Å²) in [7, 11) is 0. The first kappa shape index (κ1) is 18.1. The summed E-state index contributed by atoms with van der Waals surface area (Å²) in [6, 6.07) is 5.82. The second-order valence-corrected chi connectivity index (χ2v) is 7.01. The van der Waals surface area contributed by atoms with E-state index in [0.29, 0.717) is 17.2 Å². The lowest BCUT2D eigenvalue weighted by atomic mass is 10.0. The van der Waals surface area contributed by atoms with Gasteiger partial charge < -0.3 is 10.1 Å². The lowest BCUT2D eigenvalue weighted by molar-refractivity contribution is -0.144. The molecule has 1 N–H and O–H groups in total. The van der Waals surface area contributed by atoms with Crippen LogP contribution in [-0.4, -0.2) is 24.7 Å². The van der Waals surface area contributed by atoms with Crippen molar-refractivity contribution in [3.63, 3.8) is 0 Å². The summed E-state index contributed by atoms with van der Waals surface area (Å²) in [6.07, 6.45) is -5.82. The van der Waals surface area contributed by atoms with Gasteiger partial charge in [0.25, 0.3) is 0 Å². The summed E-state index contributed by atoms with van der Waals surface area (Å²) >= 11 is 7.88. The molecule has 0 fully saturated rings. The second-order valence-electron chi connectivity index (χ2n) is 5.82. The molecule has 0 bridgehead atoms. The number of amides is 1. The van der Waals surface area contributed by atoms with Gasteiger partial charge in [0.05, 0.1) is 18.0 Å². The number of fused-ring (bicyclic) bond motifs is 1. The Morgan fingerprint density at radius 2 is 2.16 bits per heavy atom. The number of carbonyl (C=O) groups excluding carboxylic acids is 1. The van der Waals surface area contributed by atoms with Crippen LogP contribution in [0.4, 0.5) is 13.2 Å². The molecule has 1 aromatic carbocycles. The van der Waals surface area contributed by atoms with E-state index in [9.17, 15) is 18.0 Å². The topological polar surface area (TPSA) is 38.3 Å². The van der Waals surface area contributed by atoms with Crippen molar-refractivity contribution in [1.82, 2.24) is 5.32 Å². The van der Waals surface area contributed by atoms with Gasteiger partial charge in [-0.2, -0.15) is 24.5 Å². The largest absolute Gasteiger partial charge is 0.486 e. The first-order valence-corrected chi connectivity index (χ1v) is 8.99. The van der Waals surface area contributed by atoms with Crippen LogP contribution in [0.5, 0.6) is 5.75 Å². The minimum Gasteiger partial charge on any atom is -0.486 e. The molecule has 3 nitrogen and oxygen atoms in total. The summed E-state index contributed by atoms with van der Waals surface area (Å²) in [6.45, 7) is 0.148. The van der Waals surface area contributed by atoms with Gasteiger partial charge in [-0.05, 0) is 40.1 Å². The summed E-state index contributed by atoms with van der Waals surface area (Å²) < 4.78 is 42.1. The molecule has 2 aromatic rings. The molecule has 0 radical (unpaired) electrons. The van der Waals surface area contributed by atoms with E-state index in [-0.39, 0.29) is 12.6 Å². The number of rotatable bonds is 5. The van der Waals surface area contributed by atoms with E-state index in [4.69, 9.17) is 16.3 Å². The average molecular weight is 390 g/mol. The van der Waals surface area contributed by atoms with E-state index in [1.165, 1.54) is 0 Å². The fourth-order valence-corrected chi connectivity index (χ4v) is 3.62. The first-order valence-electron chi connectivity index (χ1n) is 7.67. The standard InChI is InChI=1S/C17H15ClF3NO2S/c18-14-7-11(10-2-4-25-9-10)5-12-6-13(24-16(12)14)8-22-15(23)1-3-17(19,20)21/h2,4-5,7,9,13H,1,3,6,8H2,(H,22,23)/t13-/m1/s1. The lowest BCUT2D eigenvalue weighted by Gasteiger charge is -2.13. The Hall–Kier alpha value is -1.73. The van der Waals surface area contributed by atoms with E-state index in [2.05, 4.69) is 5.32 Å². The number of thiophene rings is 1. The predicted molar refractivity (Wildman–Crippen MR) is 91.2 cm³/mol. The van der Waals surface area contributed by atoms with Gasteiger partial charge in [-0.25, -0.2) is 0 Å². The highest BCUT2D eigenvalue weighted by atomic mass is 35.5. The van der Waals surface area contributed by atoms with E-state index in [0.717, 1.165) is 16.7 Å². The zero-order valence-corrected chi connectivity index (χ0v) is 14.6. The highest BCUT2D eigenvalue weighted by Gasteiger charge is 2.29. The SMILES string of the molecule is O=C(CCC(F)(F)F)NC[C@H]1Cc2cc(-c3ccsc3)cc(Cl)c2O1. The zero-order chi connectivity index (χ0) is 18.0. The Morgan fingerprint density at radius 3 is 2.84 bits per heavy atom. The van der Waals surface area contributed by atoms with Crippen molar-refractivity contribution in [2.24, 2.45) is 0 Å². The molecule has 0 unspecified atom stereocenters. The van der Waals surface area contributed by atoms with Crippen molar-refractivity contribution in [3.05, 3.63) is 39.5 Å². The van der Waals surface area contributed by atoms with Crippen molar-refractivity contribution in [2.45, 2.75) is 31.5 Å². The third-order valence-corrected chi connectivity index (χ3v) is 4.83. The Kier molecular flexibility index (Phi) is 5.24. The Labute approximate surface area is 151 Å². The molecule has 8 heteroatoms. The van der Waals surface area contributed by atoms with Crippen molar-refractivity contribution >= 4 is 28.8 Å². The van der Waals surface area contributed by atoms with Crippen LogP contribution in [0.1, 0.15) is 18.4 Å². The minimum absolute atomic E-state index is 0.148. The van der Waals surface area contributed by atoms with Gasteiger partial charge in [-0.1, -0.05) is 11.6 Å². The maximum atomic E-state index is 12.1. The Balaban J connectivity index is 1.58. The number of benzene rings is 1. The molecule has 1 aliphatic heterocycles. The number of ether oxygens (including phenoxy) is 1. The molecule has 1 amide bonds. The van der Waals surface area contributed by atoms with Crippen LogP contribution in [0, 0.1) is 0 Å². The summed E-state index contributed by atoms with van der Waals surface area (Å²) in [5.74, 6) is -0.0582. The van der Waals surface area contributed by atoms with Crippen molar-refractivity contribution in [3.8, 4) is 16.9 Å². The van der Waals surface area contributed by atoms with Gasteiger partial charge in [0, 0.05) is 18.4 Å². The molecule has 1 atom stereocenters. The molecular weight excluding hydrogens is 375 g/mol. The number of alkyl halides is 3. The maximum Gasteiger partial charge on any atom is 0.389 e. The summed E-state index contributed by atoms with van der Waals surface area (Å²) in [5.41, 5.74) is 2.99. The van der Waals surface area contributed by atoms with Gasteiger partial charge in [0.1, 0.15) is 11.9 Å².